The van der Waals surface area contributed by atoms with Crippen LogP contribution in [-0.2, 0) is 4.74 Å². The van der Waals surface area contributed by atoms with Crippen LogP contribution in [0, 0.1) is 0 Å². The average molecular weight is 245 g/mol. The van der Waals surface area contributed by atoms with Gasteiger partial charge in [0.25, 0.3) is 0 Å². The van der Waals surface area contributed by atoms with E-state index in [4.69, 9.17) is 9.84 Å². The zero-order chi connectivity index (χ0) is 12.6. The van der Waals surface area contributed by atoms with Crippen LogP contribution in [0.4, 0.5) is 0 Å². The summed E-state index contributed by atoms with van der Waals surface area (Å²) in [5, 5.41) is 41.4. The van der Waals surface area contributed by atoms with Crippen molar-refractivity contribution in [3.8, 4) is 0 Å². The minimum Gasteiger partial charge on any atom is -0.394 e. The van der Waals surface area contributed by atoms with Crippen LogP contribution >= 0.6 is 0 Å². The number of hydrogen-bond donors (Lipinski definition) is 4. The lowest BCUT2D eigenvalue weighted by atomic mass is 10.1. The van der Waals surface area contributed by atoms with Crippen molar-refractivity contribution in [1.29, 1.82) is 0 Å². The highest BCUT2D eigenvalue weighted by Gasteiger charge is 2.43. The molecule has 1 unspecified atom stereocenters. The third kappa shape index (κ3) is 2.17. The summed E-state index contributed by atoms with van der Waals surface area (Å²) in [5.74, 6) is 0.197. The molecule has 0 radical (unpaired) electrons. The zero-order valence-corrected chi connectivity index (χ0v) is 9.21. The summed E-state index contributed by atoms with van der Waals surface area (Å²) in [7, 11) is 0. The van der Waals surface area contributed by atoms with Gasteiger partial charge in [-0.05, 0) is 6.92 Å². The summed E-state index contributed by atoms with van der Waals surface area (Å²) < 4.78 is 6.46. The van der Waals surface area contributed by atoms with Gasteiger partial charge in [0.2, 0.25) is 0 Å². The Morgan fingerprint density at radius 2 is 2.18 bits per heavy atom. The summed E-state index contributed by atoms with van der Waals surface area (Å²) >= 11 is 0. The Morgan fingerprint density at radius 3 is 2.65 bits per heavy atom. The van der Waals surface area contributed by atoms with E-state index >= 15 is 0 Å². The monoisotopic (exact) mass is 245 g/mol. The molecule has 8 nitrogen and oxygen atoms in total. The van der Waals surface area contributed by atoms with Gasteiger partial charge in [0, 0.05) is 0 Å². The maximum atomic E-state index is 9.72. The van der Waals surface area contributed by atoms with Crippen LogP contribution in [0.15, 0.2) is 6.33 Å². The fraction of sp³-hybridized carbons (Fsp3) is 0.778. The van der Waals surface area contributed by atoms with Crippen LogP contribution in [0.1, 0.15) is 25.1 Å². The SMILES string of the molecule is CC(O)c1ncn([C@@H]2O[C@H](CO)[C@@H](O)[C@H]2O)n1. The van der Waals surface area contributed by atoms with Gasteiger partial charge >= 0.3 is 0 Å². The third-order valence-electron chi connectivity index (χ3n) is 2.68. The molecule has 2 rings (SSSR count). The predicted molar refractivity (Wildman–Crippen MR) is 53.7 cm³/mol. The smallest absolute Gasteiger partial charge is 0.180 e. The van der Waals surface area contributed by atoms with Gasteiger partial charge in [-0.1, -0.05) is 0 Å². The van der Waals surface area contributed by atoms with Crippen LogP contribution in [0.5, 0.6) is 0 Å². The molecular formula is C9H15N3O5. The third-order valence-corrected chi connectivity index (χ3v) is 2.68. The number of hydrogen-bond acceptors (Lipinski definition) is 7. The Balaban J connectivity index is 2.17. The highest BCUT2D eigenvalue weighted by atomic mass is 16.6. The van der Waals surface area contributed by atoms with Crippen LogP contribution in [-0.4, -0.2) is 60.1 Å². The number of aromatic nitrogens is 3. The molecular weight excluding hydrogens is 230 g/mol. The maximum absolute atomic E-state index is 9.72. The first-order valence-corrected chi connectivity index (χ1v) is 5.26. The molecule has 0 aliphatic carbocycles. The van der Waals surface area contributed by atoms with Crippen LogP contribution in [0.3, 0.4) is 0 Å². The molecule has 0 spiro atoms. The van der Waals surface area contributed by atoms with Gasteiger partial charge in [-0.2, -0.15) is 5.10 Å². The normalized spacial score (nSPS) is 35.1. The quantitative estimate of drug-likeness (QED) is 0.483. The Morgan fingerprint density at radius 1 is 1.47 bits per heavy atom. The highest BCUT2D eigenvalue weighted by Crippen LogP contribution is 2.28. The number of rotatable bonds is 3. The second-order valence-electron chi connectivity index (χ2n) is 3.99. The molecule has 1 aromatic rings. The second-order valence-corrected chi connectivity index (χ2v) is 3.99. The Labute approximate surface area is 97.1 Å². The highest BCUT2D eigenvalue weighted by molar-refractivity contribution is 4.91. The minimum absolute atomic E-state index is 0.197. The second kappa shape index (κ2) is 4.67. The molecule has 1 saturated heterocycles. The summed E-state index contributed by atoms with van der Waals surface area (Å²) in [6.07, 6.45) is -3.67. The molecule has 0 bridgehead atoms. The Bertz CT molecular complexity index is 382. The molecule has 5 atom stereocenters. The standard InChI is InChI=1S/C9H15N3O5/c1-4(14)8-10-3-12(11-8)9-7(16)6(15)5(2-13)17-9/h3-7,9,13-16H,2H2,1H3/t4?,5-,6-,7-,9-/m1/s1. The average Bonchev–Trinajstić information content (AvgIpc) is 2.87. The number of ether oxygens (including phenoxy) is 1. The van der Waals surface area contributed by atoms with Gasteiger partial charge < -0.3 is 25.2 Å². The van der Waals surface area contributed by atoms with Gasteiger partial charge in [0.15, 0.2) is 12.1 Å². The Kier molecular flexibility index (Phi) is 3.40. The van der Waals surface area contributed by atoms with Crippen molar-refractivity contribution >= 4 is 0 Å². The summed E-state index contributed by atoms with van der Waals surface area (Å²) in [6.45, 7) is 1.11. The van der Waals surface area contributed by atoms with Gasteiger partial charge in [-0.15, -0.1) is 0 Å². The van der Waals surface area contributed by atoms with E-state index in [9.17, 15) is 15.3 Å². The minimum atomic E-state index is -1.20. The lowest BCUT2D eigenvalue weighted by Gasteiger charge is -2.14. The van der Waals surface area contributed by atoms with E-state index in [1.807, 2.05) is 0 Å². The predicted octanol–water partition coefficient (Wildman–Crippen LogP) is -2.06. The molecule has 1 aliphatic heterocycles. The van der Waals surface area contributed by atoms with E-state index in [1.165, 1.54) is 17.9 Å². The van der Waals surface area contributed by atoms with E-state index in [0.29, 0.717) is 0 Å². The van der Waals surface area contributed by atoms with Crippen molar-refractivity contribution in [3.05, 3.63) is 12.2 Å². The summed E-state index contributed by atoms with van der Waals surface area (Å²) in [5.41, 5.74) is 0. The van der Waals surface area contributed by atoms with Crippen LogP contribution in [0.25, 0.3) is 0 Å². The van der Waals surface area contributed by atoms with Crippen molar-refractivity contribution in [2.45, 2.75) is 37.6 Å². The zero-order valence-electron chi connectivity index (χ0n) is 9.21. The van der Waals surface area contributed by atoms with Gasteiger partial charge in [0.1, 0.15) is 30.7 Å². The van der Waals surface area contributed by atoms with Crippen molar-refractivity contribution in [2.24, 2.45) is 0 Å². The van der Waals surface area contributed by atoms with E-state index in [-0.39, 0.29) is 5.82 Å². The molecule has 1 aliphatic rings. The molecule has 0 aromatic carbocycles. The first kappa shape index (κ1) is 12.4. The fourth-order valence-corrected chi connectivity index (χ4v) is 1.70. The molecule has 4 N–H and O–H groups in total. The summed E-state index contributed by atoms with van der Waals surface area (Å²) in [4.78, 5) is 3.84. The topological polar surface area (TPSA) is 121 Å². The lowest BCUT2D eigenvalue weighted by molar-refractivity contribution is -0.0591. The van der Waals surface area contributed by atoms with E-state index in [0.717, 1.165) is 0 Å². The van der Waals surface area contributed by atoms with Crippen molar-refractivity contribution in [2.75, 3.05) is 6.61 Å². The Hall–Kier alpha value is -1.06. The maximum Gasteiger partial charge on any atom is 0.180 e. The number of aliphatic hydroxyl groups excluding tert-OH is 4. The molecule has 17 heavy (non-hydrogen) atoms. The number of nitrogens with zero attached hydrogens (tertiary/aromatic N) is 3. The van der Waals surface area contributed by atoms with E-state index < -0.39 is 37.3 Å². The van der Waals surface area contributed by atoms with E-state index in [2.05, 4.69) is 10.1 Å². The van der Waals surface area contributed by atoms with Crippen LogP contribution in [0.2, 0.25) is 0 Å². The van der Waals surface area contributed by atoms with Crippen molar-refractivity contribution in [1.82, 2.24) is 14.8 Å². The van der Waals surface area contributed by atoms with Gasteiger partial charge in [-0.3, -0.25) is 0 Å². The summed E-state index contributed by atoms with van der Waals surface area (Å²) in [6, 6.07) is 0. The van der Waals surface area contributed by atoms with Gasteiger partial charge in [-0.25, -0.2) is 9.67 Å². The van der Waals surface area contributed by atoms with Crippen molar-refractivity contribution < 1.29 is 25.2 Å². The first-order chi connectivity index (χ1) is 8.04. The van der Waals surface area contributed by atoms with E-state index in [1.54, 1.807) is 0 Å². The molecule has 96 valence electrons. The van der Waals surface area contributed by atoms with Crippen molar-refractivity contribution in [3.63, 3.8) is 0 Å². The molecule has 1 aromatic heterocycles. The van der Waals surface area contributed by atoms with Gasteiger partial charge in [0.05, 0.1) is 6.61 Å². The lowest BCUT2D eigenvalue weighted by Crippen LogP contribution is -2.33. The van der Waals surface area contributed by atoms with Crippen LogP contribution < -0.4 is 0 Å². The number of aliphatic hydroxyl groups is 4. The molecule has 0 saturated carbocycles. The first-order valence-electron chi connectivity index (χ1n) is 5.26. The molecule has 2 heterocycles. The molecule has 1 fully saturated rings. The largest absolute Gasteiger partial charge is 0.394 e. The molecule has 0 amide bonds. The fourth-order valence-electron chi connectivity index (χ4n) is 1.70. The molecule has 8 heteroatoms.